The Morgan fingerprint density at radius 3 is 1.65 bits per heavy atom. The summed E-state index contributed by atoms with van der Waals surface area (Å²) in [5.74, 6) is 0. The molecule has 0 atom stereocenters. The van der Waals surface area contributed by atoms with Gasteiger partial charge < -0.3 is 0 Å². The summed E-state index contributed by atoms with van der Waals surface area (Å²) in [5.41, 5.74) is 15.8. The molecule has 2 heteroatoms. The molecule has 5 aromatic carbocycles. The molecule has 234 valence electrons. The summed E-state index contributed by atoms with van der Waals surface area (Å²) in [5, 5.41) is 0. The van der Waals surface area contributed by atoms with Gasteiger partial charge in [-0.1, -0.05) is 122 Å². The summed E-state index contributed by atoms with van der Waals surface area (Å²) in [6.45, 7) is 6.19. The Bertz CT molecular complexity index is 2220. The van der Waals surface area contributed by atoms with Crippen molar-refractivity contribution in [3.8, 4) is 55.8 Å². The van der Waals surface area contributed by atoms with Crippen molar-refractivity contribution in [3.05, 3.63) is 206 Å². The van der Waals surface area contributed by atoms with Gasteiger partial charge in [0.15, 0.2) is 0 Å². The van der Waals surface area contributed by atoms with E-state index < -0.39 is 0 Å². The number of aromatic nitrogens is 2. The van der Waals surface area contributed by atoms with E-state index >= 15 is 0 Å². The van der Waals surface area contributed by atoms with E-state index in [1.807, 2.05) is 48.9 Å². The Balaban J connectivity index is 1.21. The second-order valence-corrected chi connectivity index (χ2v) is 12.0. The Morgan fingerprint density at radius 1 is 0.469 bits per heavy atom. The van der Waals surface area contributed by atoms with Crippen molar-refractivity contribution < 1.29 is 0 Å². The van der Waals surface area contributed by atoms with E-state index in [1.165, 1.54) is 33.4 Å². The highest BCUT2D eigenvalue weighted by Crippen LogP contribution is 2.35. The molecule has 0 spiro atoms. The van der Waals surface area contributed by atoms with E-state index in [4.69, 9.17) is 0 Å². The van der Waals surface area contributed by atoms with Crippen LogP contribution in [0.2, 0.25) is 0 Å². The first-order valence-electron chi connectivity index (χ1n) is 16.5. The number of benzene rings is 5. The fraction of sp³-hybridized carbons (Fsp3) is 0.0213. The van der Waals surface area contributed by atoms with E-state index in [-0.39, 0.29) is 0 Å². The monoisotopic (exact) mass is 628 g/mol. The average molecular weight is 629 g/mol. The fourth-order valence-electron chi connectivity index (χ4n) is 6.10. The number of rotatable bonds is 9. The van der Waals surface area contributed by atoms with Crippen molar-refractivity contribution in [3.63, 3.8) is 0 Å². The van der Waals surface area contributed by atoms with Gasteiger partial charge in [0, 0.05) is 29.7 Å². The van der Waals surface area contributed by atoms with E-state index in [1.54, 1.807) is 0 Å². The molecule has 2 aromatic heterocycles. The van der Waals surface area contributed by atoms with Gasteiger partial charge in [-0.3, -0.25) is 9.97 Å². The third kappa shape index (κ3) is 7.30. The maximum atomic E-state index is 4.65. The van der Waals surface area contributed by atoms with E-state index in [0.29, 0.717) is 0 Å². The predicted octanol–water partition coefficient (Wildman–Crippen LogP) is 12.5. The molecule has 2 nitrogen and oxygen atoms in total. The van der Waals surface area contributed by atoms with Crippen LogP contribution >= 0.6 is 0 Å². The molecule has 0 fully saturated rings. The van der Waals surface area contributed by atoms with Crippen LogP contribution in [0.25, 0.3) is 66.9 Å². The van der Waals surface area contributed by atoms with Gasteiger partial charge in [-0.2, -0.15) is 0 Å². The molecule has 0 unspecified atom stereocenters. The van der Waals surface area contributed by atoms with Crippen LogP contribution in [0, 0.1) is 0 Å². The average Bonchev–Trinajstić information content (AvgIpc) is 3.19. The first kappa shape index (κ1) is 31.2. The smallest absolute Gasteiger partial charge is 0.0702 e. The van der Waals surface area contributed by atoms with Gasteiger partial charge >= 0.3 is 0 Å². The van der Waals surface area contributed by atoms with Crippen LogP contribution in [0.3, 0.4) is 0 Å². The number of hydrogen-bond donors (Lipinski definition) is 0. The Labute approximate surface area is 289 Å². The summed E-state index contributed by atoms with van der Waals surface area (Å²) in [6, 6.07) is 53.5. The SMILES string of the molecule is C=C/C(=C\C=C(/C)c1cccc(-c2cccc(-c3cccc(-c4cc(-c5cccnc5)cc(-c5ccccn5)c4)c3)c2)c1)c1ccccc1. The molecule has 7 aromatic rings. The molecule has 0 aliphatic carbocycles. The Kier molecular flexibility index (Phi) is 9.30. The summed E-state index contributed by atoms with van der Waals surface area (Å²) in [7, 11) is 0. The lowest BCUT2D eigenvalue weighted by Crippen LogP contribution is -1.89. The zero-order valence-electron chi connectivity index (χ0n) is 27.5. The molecule has 0 saturated carbocycles. The third-order valence-electron chi connectivity index (χ3n) is 8.77. The molecule has 7 rings (SSSR count). The molecule has 0 aliphatic heterocycles. The molecule has 0 aliphatic rings. The van der Waals surface area contributed by atoms with Crippen LogP contribution in [0.5, 0.6) is 0 Å². The van der Waals surface area contributed by atoms with Crippen molar-refractivity contribution in [2.75, 3.05) is 0 Å². The number of allylic oxidation sites excluding steroid dienone is 5. The zero-order valence-corrected chi connectivity index (χ0v) is 27.5. The van der Waals surface area contributed by atoms with Crippen LogP contribution in [0.15, 0.2) is 195 Å². The van der Waals surface area contributed by atoms with Crippen LogP contribution in [-0.4, -0.2) is 9.97 Å². The van der Waals surface area contributed by atoms with Crippen molar-refractivity contribution in [2.24, 2.45) is 0 Å². The van der Waals surface area contributed by atoms with Crippen LogP contribution in [-0.2, 0) is 0 Å². The molecule has 0 N–H and O–H groups in total. The maximum Gasteiger partial charge on any atom is 0.0702 e. The van der Waals surface area contributed by atoms with Gasteiger partial charge in [-0.15, -0.1) is 0 Å². The van der Waals surface area contributed by atoms with Crippen molar-refractivity contribution in [1.29, 1.82) is 0 Å². The molecule has 0 radical (unpaired) electrons. The summed E-state index contributed by atoms with van der Waals surface area (Å²) >= 11 is 0. The van der Waals surface area contributed by atoms with E-state index in [2.05, 4.69) is 163 Å². The number of pyridine rings is 2. The lowest BCUT2D eigenvalue weighted by Gasteiger charge is -2.12. The normalized spacial score (nSPS) is 11.7. The Hall–Kier alpha value is -6.38. The van der Waals surface area contributed by atoms with Crippen LogP contribution in [0.4, 0.5) is 0 Å². The lowest BCUT2D eigenvalue weighted by molar-refractivity contribution is 1.32. The predicted molar refractivity (Wildman–Crippen MR) is 207 cm³/mol. The minimum Gasteiger partial charge on any atom is -0.264 e. The highest BCUT2D eigenvalue weighted by atomic mass is 14.7. The second-order valence-electron chi connectivity index (χ2n) is 12.0. The highest BCUT2D eigenvalue weighted by molar-refractivity contribution is 5.83. The highest BCUT2D eigenvalue weighted by Gasteiger charge is 2.10. The molecule has 0 saturated heterocycles. The number of hydrogen-bond acceptors (Lipinski definition) is 2. The standard InChI is InChI=1S/C47H36N2/c1-3-35(36-13-5-4-6-14-36)24-23-34(2)37-15-9-16-38(27-37)39-17-10-18-40(28-39)41-19-11-20-42(29-41)44-30-45(43-21-12-25-48-33-43)32-46(31-44)47-22-7-8-26-49-47/h3-33H,1H2,2H3/b34-23+,35-24+. The van der Waals surface area contributed by atoms with Gasteiger partial charge in [0.1, 0.15) is 0 Å². The number of nitrogens with zero attached hydrogens (tertiary/aromatic N) is 2. The van der Waals surface area contributed by atoms with Crippen LogP contribution in [0.1, 0.15) is 18.1 Å². The second kappa shape index (κ2) is 14.6. The van der Waals surface area contributed by atoms with Crippen molar-refractivity contribution >= 4 is 11.1 Å². The lowest BCUT2D eigenvalue weighted by atomic mass is 9.92. The molecular formula is C47H36N2. The van der Waals surface area contributed by atoms with Gasteiger partial charge in [0.25, 0.3) is 0 Å². The molecule has 2 heterocycles. The minimum atomic E-state index is 0.944. The van der Waals surface area contributed by atoms with Crippen molar-refractivity contribution in [2.45, 2.75) is 6.92 Å². The zero-order chi connectivity index (χ0) is 33.4. The largest absolute Gasteiger partial charge is 0.264 e. The Morgan fingerprint density at radius 2 is 1.02 bits per heavy atom. The van der Waals surface area contributed by atoms with Gasteiger partial charge in [0.05, 0.1) is 5.69 Å². The molecule has 0 bridgehead atoms. The molecule has 0 amide bonds. The van der Waals surface area contributed by atoms with Crippen molar-refractivity contribution in [1.82, 2.24) is 9.97 Å². The maximum absolute atomic E-state index is 4.65. The first-order chi connectivity index (χ1) is 24.1. The van der Waals surface area contributed by atoms with Gasteiger partial charge in [-0.25, -0.2) is 0 Å². The molecule has 49 heavy (non-hydrogen) atoms. The van der Waals surface area contributed by atoms with E-state index in [0.717, 1.165) is 44.6 Å². The van der Waals surface area contributed by atoms with E-state index in [9.17, 15) is 0 Å². The quantitative estimate of drug-likeness (QED) is 0.149. The summed E-state index contributed by atoms with van der Waals surface area (Å²) in [6.07, 6.45) is 11.8. The molecular weight excluding hydrogens is 593 g/mol. The summed E-state index contributed by atoms with van der Waals surface area (Å²) < 4.78 is 0. The van der Waals surface area contributed by atoms with Gasteiger partial charge in [0.2, 0.25) is 0 Å². The van der Waals surface area contributed by atoms with Gasteiger partial charge in [-0.05, 0) is 123 Å². The first-order valence-corrected chi connectivity index (χ1v) is 16.5. The minimum absolute atomic E-state index is 0.944. The summed E-state index contributed by atoms with van der Waals surface area (Å²) in [4.78, 5) is 9.02. The van der Waals surface area contributed by atoms with Crippen LogP contribution < -0.4 is 0 Å². The third-order valence-corrected chi connectivity index (χ3v) is 8.77. The topological polar surface area (TPSA) is 25.8 Å². The fourth-order valence-corrected chi connectivity index (χ4v) is 6.10.